The number of hydrogen-bond acceptors (Lipinski definition) is 5. The van der Waals surface area contributed by atoms with Gasteiger partial charge in [0, 0.05) is 19.4 Å². The van der Waals surface area contributed by atoms with Gasteiger partial charge in [-0.15, -0.1) is 0 Å². The van der Waals surface area contributed by atoms with Crippen molar-refractivity contribution in [3.63, 3.8) is 0 Å². The highest BCUT2D eigenvalue weighted by atomic mass is 16.6. The van der Waals surface area contributed by atoms with Gasteiger partial charge in [0.2, 0.25) is 0 Å². The van der Waals surface area contributed by atoms with Gasteiger partial charge in [0.05, 0.1) is 0 Å². The van der Waals surface area contributed by atoms with Crippen LogP contribution in [-0.4, -0.2) is 53.3 Å². The number of rotatable bonds is 8. The average Bonchev–Trinajstić information content (AvgIpc) is 3.07. The van der Waals surface area contributed by atoms with E-state index < -0.39 is 29.7 Å². The predicted octanol–water partition coefficient (Wildman–Crippen LogP) is 4.83. The minimum Gasteiger partial charge on any atom is -0.480 e. The topological polar surface area (TPSA) is 93.1 Å². The van der Waals surface area contributed by atoms with E-state index in [0.29, 0.717) is 0 Å². The van der Waals surface area contributed by atoms with Crippen LogP contribution in [0, 0.1) is 0 Å². The molecular weight excluding hydrogens is 422 g/mol. The lowest BCUT2D eigenvalue weighted by atomic mass is 9.98. The van der Waals surface area contributed by atoms with E-state index in [-0.39, 0.29) is 31.8 Å². The van der Waals surface area contributed by atoms with Gasteiger partial charge in [-0.2, -0.15) is 0 Å². The molecule has 0 bridgehead atoms. The van der Waals surface area contributed by atoms with Crippen molar-refractivity contribution in [2.75, 3.05) is 13.7 Å². The second-order valence-corrected chi connectivity index (χ2v) is 9.25. The zero-order chi connectivity index (χ0) is 24.2. The van der Waals surface area contributed by atoms with Crippen molar-refractivity contribution in [2.45, 2.75) is 57.6 Å². The molecule has 0 aromatic heterocycles. The van der Waals surface area contributed by atoms with E-state index in [2.05, 4.69) is 0 Å². The van der Waals surface area contributed by atoms with Crippen molar-refractivity contribution in [3.05, 3.63) is 59.7 Å². The van der Waals surface area contributed by atoms with E-state index in [1.807, 2.05) is 48.5 Å². The maximum absolute atomic E-state index is 12.7. The molecule has 0 spiro atoms. The molecule has 0 saturated carbocycles. The van der Waals surface area contributed by atoms with E-state index in [4.69, 9.17) is 9.47 Å². The molecule has 1 aliphatic rings. The fraction of sp³-hybridized carbons (Fsp3) is 0.423. The van der Waals surface area contributed by atoms with Crippen LogP contribution in [0.1, 0.15) is 57.1 Å². The van der Waals surface area contributed by atoms with E-state index >= 15 is 0 Å². The van der Waals surface area contributed by atoms with Crippen LogP contribution in [0.25, 0.3) is 11.1 Å². The Balaban J connectivity index is 1.60. The Morgan fingerprint density at radius 2 is 1.55 bits per heavy atom. The number of carbonyl (C=O) groups excluding carboxylic acids is 2. The molecule has 1 atom stereocenters. The van der Waals surface area contributed by atoms with Crippen molar-refractivity contribution in [3.8, 4) is 11.1 Å². The van der Waals surface area contributed by atoms with Gasteiger partial charge >= 0.3 is 18.0 Å². The van der Waals surface area contributed by atoms with Gasteiger partial charge in [0.25, 0.3) is 0 Å². The predicted molar refractivity (Wildman–Crippen MR) is 124 cm³/mol. The van der Waals surface area contributed by atoms with Crippen LogP contribution in [-0.2, 0) is 19.1 Å². The number of fused-ring (bicyclic) bond motifs is 3. The second-order valence-electron chi connectivity index (χ2n) is 9.25. The minimum atomic E-state index is -1.14. The third-order valence-corrected chi connectivity index (χ3v) is 5.66. The van der Waals surface area contributed by atoms with E-state index in [0.717, 1.165) is 27.2 Å². The summed E-state index contributed by atoms with van der Waals surface area (Å²) in [5, 5.41) is 9.62. The van der Waals surface area contributed by atoms with Crippen LogP contribution in [0.3, 0.4) is 0 Å². The Bertz CT molecular complexity index is 980. The summed E-state index contributed by atoms with van der Waals surface area (Å²) in [6, 6.07) is 14.9. The summed E-state index contributed by atoms with van der Waals surface area (Å²) < 4.78 is 10.8. The number of likely N-dealkylation sites (N-methyl/N-ethyl adjacent to an activating group) is 1. The Morgan fingerprint density at radius 1 is 1.00 bits per heavy atom. The van der Waals surface area contributed by atoms with Crippen molar-refractivity contribution < 1.29 is 29.0 Å². The number of carboxylic acids is 1. The van der Waals surface area contributed by atoms with Gasteiger partial charge in [0.1, 0.15) is 18.2 Å². The minimum absolute atomic E-state index is 0.0829. The number of esters is 1. The van der Waals surface area contributed by atoms with Crippen LogP contribution in [0.2, 0.25) is 0 Å². The fourth-order valence-corrected chi connectivity index (χ4v) is 4.14. The van der Waals surface area contributed by atoms with E-state index in [9.17, 15) is 19.5 Å². The highest BCUT2D eigenvalue weighted by Gasteiger charge is 2.32. The third kappa shape index (κ3) is 5.92. The molecule has 33 heavy (non-hydrogen) atoms. The molecule has 0 aliphatic heterocycles. The monoisotopic (exact) mass is 453 g/mol. The highest BCUT2D eigenvalue weighted by molar-refractivity contribution is 5.81. The first kappa shape index (κ1) is 24.3. The van der Waals surface area contributed by atoms with Crippen LogP contribution in [0.4, 0.5) is 4.79 Å². The third-order valence-electron chi connectivity index (χ3n) is 5.66. The van der Waals surface area contributed by atoms with Gasteiger partial charge in [-0.25, -0.2) is 9.59 Å². The number of nitrogens with zero attached hydrogens (tertiary/aromatic N) is 1. The number of hydrogen-bond donors (Lipinski definition) is 1. The quantitative estimate of drug-likeness (QED) is 0.576. The van der Waals surface area contributed by atoms with Gasteiger partial charge < -0.3 is 14.6 Å². The number of aliphatic carboxylic acids is 1. The number of carbonyl (C=O) groups is 3. The normalized spacial score (nSPS) is 13.6. The zero-order valence-electron chi connectivity index (χ0n) is 19.5. The summed E-state index contributed by atoms with van der Waals surface area (Å²) in [6.07, 6.45) is -0.219. The summed E-state index contributed by atoms with van der Waals surface area (Å²) >= 11 is 0. The van der Waals surface area contributed by atoms with Crippen LogP contribution in [0.15, 0.2) is 48.5 Å². The van der Waals surface area contributed by atoms with E-state index in [1.165, 1.54) is 7.05 Å². The first-order valence-electron chi connectivity index (χ1n) is 11.1. The summed E-state index contributed by atoms with van der Waals surface area (Å²) in [5.41, 5.74) is 3.81. The standard InChI is InChI=1S/C26H31NO6/c1-26(2,3)33-23(28)15-9-14-22(24(29)30)27(4)25(31)32-16-21-19-12-7-5-10-17(19)18-11-6-8-13-20(18)21/h5-8,10-13,21-22H,9,14-16H2,1-4H3,(H,29,30). The molecular formula is C26H31NO6. The second kappa shape index (κ2) is 10.1. The van der Waals surface area contributed by atoms with Gasteiger partial charge in [-0.1, -0.05) is 48.5 Å². The summed E-state index contributed by atoms with van der Waals surface area (Å²) in [5.74, 6) is -1.64. The largest absolute Gasteiger partial charge is 0.480 e. The first-order valence-corrected chi connectivity index (χ1v) is 11.1. The van der Waals surface area contributed by atoms with Crippen molar-refractivity contribution >= 4 is 18.0 Å². The zero-order valence-corrected chi connectivity index (χ0v) is 19.5. The molecule has 0 saturated heterocycles. The van der Waals surface area contributed by atoms with E-state index in [1.54, 1.807) is 20.8 Å². The maximum atomic E-state index is 12.7. The molecule has 176 valence electrons. The molecule has 7 heteroatoms. The molecule has 2 aromatic carbocycles. The fourth-order valence-electron chi connectivity index (χ4n) is 4.14. The van der Waals surface area contributed by atoms with Crippen molar-refractivity contribution in [1.82, 2.24) is 4.90 Å². The lowest BCUT2D eigenvalue weighted by Gasteiger charge is -2.25. The van der Waals surface area contributed by atoms with Gasteiger partial charge in [0.15, 0.2) is 0 Å². The van der Waals surface area contributed by atoms with Crippen LogP contribution >= 0.6 is 0 Å². The Hall–Kier alpha value is -3.35. The summed E-state index contributed by atoms with van der Waals surface area (Å²) in [7, 11) is 1.41. The maximum Gasteiger partial charge on any atom is 0.410 e. The summed E-state index contributed by atoms with van der Waals surface area (Å²) in [6.45, 7) is 5.43. The lowest BCUT2D eigenvalue weighted by molar-refractivity contribution is -0.155. The lowest BCUT2D eigenvalue weighted by Crippen LogP contribution is -2.43. The SMILES string of the molecule is CN(C(=O)OCC1c2ccccc2-c2ccccc21)C(CCCC(=O)OC(C)(C)C)C(=O)O. The molecule has 3 rings (SSSR count). The smallest absolute Gasteiger partial charge is 0.410 e. The molecule has 7 nitrogen and oxygen atoms in total. The molecule has 2 aromatic rings. The van der Waals surface area contributed by atoms with Crippen LogP contribution < -0.4 is 0 Å². The number of carboxylic acid groups (broad SMARTS) is 1. The molecule has 1 aliphatic carbocycles. The average molecular weight is 454 g/mol. The molecule has 1 amide bonds. The molecule has 1 unspecified atom stereocenters. The molecule has 0 fully saturated rings. The summed E-state index contributed by atoms with van der Waals surface area (Å²) in [4.78, 5) is 37.5. The van der Waals surface area contributed by atoms with Gasteiger partial charge in [-0.05, 0) is 55.9 Å². The molecule has 0 radical (unpaired) electrons. The number of amides is 1. The first-order chi connectivity index (χ1) is 15.6. The van der Waals surface area contributed by atoms with Gasteiger partial charge in [-0.3, -0.25) is 9.69 Å². The Morgan fingerprint density at radius 3 is 2.06 bits per heavy atom. The highest BCUT2D eigenvalue weighted by Crippen LogP contribution is 2.44. The molecule has 1 N–H and O–H groups in total. The number of ether oxygens (including phenoxy) is 2. The Labute approximate surface area is 194 Å². The van der Waals surface area contributed by atoms with Crippen LogP contribution in [0.5, 0.6) is 0 Å². The van der Waals surface area contributed by atoms with Crippen molar-refractivity contribution in [1.29, 1.82) is 0 Å². The number of benzene rings is 2. The molecule has 0 heterocycles. The Kier molecular flexibility index (Phi) is 7.41. The van der Waals surface area contributed by atoms with Crippen molar-refractivity contribution in [2.24, 2.45) is 0 Å².